The maximum Gasteiger partial charge on any atom is 0.135 e. The molecule has 21 heavy (non-hydrogen) atoms. The van der Waals surface area contributed by atoms with Crippen molar-refractivity contribution in [1.82, 2.24) is 0 Å². The van der Waals surface area contributed by atoms with Crippen LogP contribution in [-0.4, -0.2) is 16.0 Å². The summed E-state index contributed by atoms with van der Waals surface area (Å²) in [5, 5.41) is 20.6. The number of Topliss-reactive ketones (excluding diaryl/α,β-unsaturated/α-hetero) is 1. The van der Waals surface area contributed by atoms with E-state index in [4.69, 9.17) is 0 Å². The Morgan fingerprint density at radius 1 is 1.05 bits per heavy atom. The molecule has 1 aromatic heterocycles. The van der Waals surface area contributed by atoms with Crippen LogP contribution in [0.3, 0.4) is 0 Å². The predicted octanol–water partition coefficient (Wildman–Crippen LogP) is 2.65. The maximum absolute atomic E-state index is 11.1. The van der Waals surface area contributed by atoms with Crippen LogP contribution >= 0.6 is 11.3 Å². The first kappa shape index (κ1) is 15.9. The summed E-state index contributed by atoms with van der Waals surface area (Å²) in [6.07, 6.45) is 2.32. The summed E-state index contributed by atoms with van der Waals surface area (Å²) in [4.78, 5) is 12.2. The molecule has 2 N–H and O–H groups in total. The number of carbonyl (C=O) groups is 1. The van der Waals surface area contributed by atoms with E-state index in [1.54, 1.807) is 18.3 Å². The fraction of sp³-hybridized carbons (Fsp3) is 0.353. The van der Waals surface area contributed by atoms with Crippen LogP contribution < -0.4 is 0 Å². The minimum Gasteiger partial charge on any atom is -0.392 e. The van der Waals surface area contributed by atoms with Gasteiger partial charge in [-0.15, -0.1) is 11.3 Å². The highest BCUT2D eigenvalue weighted by Gasteiger charge is 2.05. The summed E-state index contributed by atoms with van der Waals surface area (Å²) >= 11 is 1.63. The van der Waals surface area contributed by atoms with Crippen molar-refractivity contribution in [2.45, 2.75) is 39.4 Å². The predicted molar refractivity (Wildman–Crippen MR) is 84.4 cm³/mol. The average molecular weight is 304 g/mol. The Morgan fingerprint density at radius 3 is 2.43 bits per heavy atom. The Bertz CT molecular complexity index is 616. The van der Waals surface area contributed by atoms with Crippen LogP contribution in [0, 0.1) is 0 Å². The van der Waals surface area contributed by atoms with E-state index >= 15 is 0 Å². The van der Waals surface area contributed by atoms with E-state index in [1.165, 1.54) is 5.56 Å². The number of rotatable bonds is 7. The van der Waals surface area contributed by atoms with Crippen molar-refractivity contribution >= 4 is 17.1 Å². The van der Waals surface area contributed by atoms with E-state index in [0.717, 1.165) is 34.4 Å². The number of aryl methyl sites for hydroxylation is 2. The normalized spacial score (nSPS) is 10.8. The van der Waals surface area contributed by atoms with Crippen molar-refractivity contribution in [2.24, 2.45) is 0 Å². The molecule has 0 unspecified atom stereocenters. The van der Waals surface area contributed by atoms with Gasteiger partial charge in [0.2, 0.25) is 0 Å². The van der Waals surface area contributed by atoms with Crippen LogP contribution in [0.15, 0.2) is 29.6 Å². The highest BCUT2D eigenvalue weighted by Crippen LogP contribution is 2.19. The van der Waals surface area contributed by atoms with E-state index in [1.807, 2.05) is 18.2 Å². The molecule has 0 saturated carbocycles. The van der Waals surface area contributed by atoms with E-state index < -0.39 is 0 Å². The van der Waals surface area contributed by atoms with Gasteiger partial charge in [-0.05, 0) is 53.5 Å². The quantitative estimate of drug-likeness (QED) is 0.827. The molecule has 0 aliphatic carbocycles. The van der Waals surface area contributed by atoms with Gasteiger partial charge in [-0.1, -0.05) is 18.2 Å². The number of benzene rings is 1. The second kappa shape index (κ2) is 7.50. The van der Waals surface area contributed by atoms with Crippen LogP contribution in [0.4, 0.5) is 0 Å². The first-order valence-corrected chi connectivity index (χ1v) is 7.88. The van der Waals surface area contributed by atoms with Gasteiger partial charge in [0, 0.05) is 11.3 Å². The number of aliphatic hydroxyl groups is 2. The van der Waals surface area contributed by atoms with Crippen LogP contribution in [0.1, 0.15) is 34.1 Å². The fourth-order valence-corrected chi connectivity index (χ4v) is 3.31. The van der Waals surface area contributed by atoms with Crippen LogP contribution in [0.2, 0.25) is 0 Å². The lowest BCUT2D eigenvalue weighted by Crippen LogP contribution is -1.97. The molecule has 0 bridgehead atoms. The molecule has 0 aliphatic rings. The van der Waals surface area contributed by atoms with Crippen molar-refractivity contribution in [3.63, 3.8) is 0 Å². The zero-order chi connectivity index (χ0) is 15.2. The third kappa shape index (κ3) is 4.49. The van der Waals surface area contributed by atoms with E-state index in [9.17, 15) is 15.0 Å². The summed E-state index contributed by atoms with van der Waals surface area (Å²) in [6.45, 7) is 1.51. The number of hydrogen-bond acceptors (Lipinski definition) is 4. The molecule has 0 amide bonds. The van der Waals surface area contributed by atoms with Gasteiger partial charge in [-0.2, -0.15) is 0 Å². The molecule has 3 nitrogen and oxygen atoms in total. The number of carbonyl (C=O) groups excluding carboxylic acids is 1. The molecule has 0 aliphatic heterocycles. The molecule has 0 spiro atoms. The van der Waals surface area contributed by atoms with Crippen molar-refractivity contribution in [1.29, 1.82) is 0 Å². The summed E-state index contributed by atoms with van der Waals surface area (Å²) < 4.78 is 0. The average Bonchev–Trinajstić information content (AvgIpc) is 2.91. The van der Waals surface area contributed by atoms with Gasteiger partial charge < -0.3 is 10.2 Å². The van der Waals surface area contributed by atoms with Crippen molar-refractivity contribution in [3.8, 4) is 0 Å². The number of thiophene rings is 1. The molecule has 0 saturated heterocycles. The lowest BCUT2D eigenvalue weighted by atomic mass is 10.0. The molecule has 1 aromatic carbocycles. The Morgan fingerprint density at radius 2 is 1.76 bits per heavy atom. The first-order chi connectivity index (χ1) is 10.1. The van der Waals surface area contributed by atoms with Gasteiger partial charge in [-0.3, -0.25) is 4.79 Å². The Balaban J connectivity index is 1.99. The summed E-state index contributed by atoms with van der Waals surface area (Å²) in [6, 6.07) is 7.92. The number of hydrogen-bond donors (Lipinski definition) is 2. The largest absolute Gasteiger partial charge is 0.392 e. The maximum atomic E-state index is 11.1. The second-order valence-electron chi connectivity index (χ2n) is 5.22. The molecular formula is C17H20O3S. The summed E-state index contributed by atoms with van der Waals surface area (Å²) in [5.41, 5.74) is 3.96. The summed E-state index contributed by atoms with van der Waals surface area (Å²) in [7, 11) is 0. The van der Waals surface area contributed by atoms with E-state index in [2.05, 4.69) is 11.4 Å². The van der Waals surface area contributed by atoms with Crippen LogP contribution in [0.25, 0.3) is 0 Å². The Labute approximate surface area is 128 Å². The molecule has 0 atom stereocenters. The highest BCUT2D eigenvalue weighted by atomic mass is 32.1. The van der Waals surface area contributed by atoms with Gasteiger partial charge in [0.05, 0.1) is 13.2 Å². The second-order valence-corrected chi connectivity index (χ2v) is 6.22. The molecule has 1 heterocycles. The van der Waals surface area contributed by atoms with Gasteiger partial charge in [0.25, 0.3) is 0 Å². The van der Waals surface area contributed by atoms with Crippen molar-refractivity contribution in [2.75, 3.05) is 0 Å². The molecule has 2 rings (SSSR count). The van der Waals surface area contributed by atoms with E-state index in [0.29, 0.717) is 6.42 Å². The van der Waals surface area contributed by atoms with Gasteiger partial charge >= 0.3 is 0 Å². The minimum absolute atomic E-state index is 0.0465. The third-order valence-corrected chi connectivity index (χ3v) is 4.43. The zero-order valence-electron chi connectivity index (χ0n) is 12.1. The smallest absolute Gasteiger partial charge is 0.135 e. The highest BCUT2D eigenvalue weighted by molar-refractivity contribution is 7.10. The monoisotopic (exact) mass is 304 g/mol. The van der Waals surface area contributed by atoms with Gasteiger partial charge in [0.15, 0.2) is 0 Å². The van der Waals surface area contributed by atoms with Gasteiger partial charge in [-0.25, -0.2) is 0 Å². The first-order valence-electron chi connectivity index (χ1n) is 7.00. The number of aliphatic hydroxyl groups excluding tert-OH is 2. The molecule has 2 aromatic rings. The standard InChI is InChI=1S/C17H20O3S/c1-12(20)6-17-8-14(11-21-17)3-2-13-4-5-15(9-18)16(7-13)10-19/h4-5,7-8,11,18-19H,2-3,6,9-10H2,1H3. The molecule has 4 heteroatoms. The summed E-state index contributed by atoms with van der Waals surface area (Å²) in [5.74, 6) is 0.190. The minimum atomic E-state index is -0.0507. The molecular weight excluding hydrogens is 284 g/mol. The fourth-order valence-electron chi connectivity index (χ4n) is 2.32. The SMILES string of the molecule is CC(=O)Cc1cc(CCc2ccc(CO)c(CO)c2)cs1. The topological polar surface area (TPSA) is 57.5 Å². The lowest BCUT2D eigenvalue weighted by Gasteiger charge is -2.07. The number of ketones is 1. The van der Waals surface area contributed by atoms with Crippen LogP contribution in [0.5, 0.6) is 0 Å². The Kier molecular flexibility index (Phi) is 5.67. The van der Waals surface area contributed by atoms with Crippen molar-refractivity contribution in [3.05, 3.63) is 56.8 Å². The van der Waals surface area contributed by atoms with Crippen molar-refractivity contribution < 1.29 is 15.0 Å². The lowest BCUT2D eigenvalue weighted by molar-refractivity contribution is -0.116. The zero-order valence-corrected chi connectivity index (χ0v) is 12.9. The third-order valence-electron chi connectivity index (χ3n) is 3.44. The van der Waals surface area contributed by atoms with Crippen LogP contribution in [-0.2, 0) is 37.3 Å². The van der Waals surface area contributed by atoms with Gasteiger partial charge in [0.1, 0.15) is 5.78 Å². The molecule has 0 radical (unpaired) electrons. The van der Waals surface area contributed by atoms with E-state index in [-0.39, 0.29) is 19.0 Å². The molecule has 112 valence electrons. The molecule has 0 fully saturated rings. The Hall–Kier alpha value is -1.49.